The lowest BCUT2D eigenvalue weighted by Crippen LogP contribution is -2.48. The van der Waals surface area contributed by atoms with Crippen molar-refractivity contribution in [2.75, 3.05) is 25.0 Å². The Labute approximate surface area is 160 Å². The van der Waals surface area contributed by atoms with E-state index in [1.165, 1.54) is 0 Å². The summed E-state index contributed by atoms with van der Waals surface area (Å²) in [6.45, 7) is 6.83. The fourth-order valence-corrected chi connectivity index (χ4v) is 3.06. The van der Waals surface area contributed by atoms with E-state index in [9.17, 15) is 14.4 Å². The molecule has 0 unspecified atom stereocenters. The first-order valence-corrected chi connectivity index (χ1v) is 9.43. The number of anilines is 1. The van der Waals surface area contributed by atoms with Crippen LogP contribution in [0.2, 0.25) is 0 Å². The fraction of sp³-hybridized carbons (Fsp3) is 0.550. The molecule has 0 radical (unpaired) electrons. The van der Waals surface area contributed by atoms with Gasteiger partial charge in [0, 0.05) is 18.8 Å². The first kappa shape index (κ1) is 20.7. The maximum atomic E-state index is 12.4. The highest BCUT2D eigenvalue weighted by molar-refractivity contribution is 5.93. The Morgan fingerprint density at radius 1 is 1.22 bits per heavy atom. The predicted molar refractivity (Wildman–Crippen MR) is 103 cm³/mol. The van der Waals surface area contributed by atoms with E-state index in [1.54, 1.807) is 29.2 Å². The number of hydrogen-bond donors (Lipinski definition) is 2. The van der Waals surface area contributed by atoms with Crippen molar-refractivity contribution in [3.05, 3.63) is 30.3 Å². The number of nitrogens with one attached hydrogen (secondary N) is 2. The molecule has 0 aromatic heterocycles. The molecule has 0 aliphatic carbocycles. The van der Waals surface area contributed by atoms with Gasteiger partial charge in [-0.3, -0.25) is 4.79 Å². The van der Waals surface area contributed by atoms with E-state index in [2.05, 4.69) is 17.6 Å². The van der Waals surface area contributed by atoms with E-state index in [-0.39, 0.29) is 18.4 Å². The fourth-order valence-electron chi connectivity index (χ4n) is 3.06. The van der Waals surface area contributed by atoms with Crippen LogP contribution in [0.4, 0.5) is 10.5 Å². The molecule has 1 aromatic carbocycles. The van der Waals surface area contributed by atoms with Crippen molar-refractivity contribution in [3.63, 3.8) is 0 Å². The largest absolute Gasteiger partial charge is 0.454 e. The molecule has 0 saturated carbocycles. The second-order valence-corrected chi connectivity index (χ2v) is 7.38. The monoisotopic (exact) mass is 375 g/mol. The van der Waals surface area contributed by atoms with Gasteiger partial charge >= 0.3 is 12.0 Å². The van der Waals surface area contributed by atoms with Crippen molar-refractivity contribution >= 4 is 23.6 Å². The molecule has 1 aromatic rings. The third kappa shape index (κ3) is 6.58. The van der Waals surface area contributed by atoms with Crippen LogP contribution >= 0.6 is 0 Å². The summed E-state index contributed by atoms with van der Waals surface area (Å²) in [5.41, 5.74) is 0.625. The van der Waals surface area contributed by atoms with Gasteiger partial charge in [0.15, 0.2) is 6.61 Å². The molecule has 2 N–H and O–H groups in total. The SMILES string of the molecule is CC(C)[C@@H](NC(=O)Nc1ccccc1)C(=O)OCC(=O)N1CCC[C@@H](C)C1. The Bertz CT molecular complexity index is 648. The van der Waals surface area contributed by atoms with Crippen molar-refractivity contribution in [2.24, 2.45) is 11.8 Å². The molecule has 1 aliphatic rings. The molecule has 2 atom stereocenters. The van der Waals surface area contributed by atoms with E-state index < -0.39 is 18.0 Å². The summed E-state index contributed by atoms with van der Waals surface area (Å²) in [4.78, 5) is 38.5. The van der Waals surface area contributed by atoms with Gasteiger partial charge in [-0.2, -0.15) is 0 Å². The number of carbonyl (C=O) groups excluding carboxylic acids is 3. The molecular formula is C20H29N3O4. The number of benzene rings is 1. The second kappa shape index (κ2) is 9.94. The minimum absolute atomic E-state index is 0.177. The van der Waals surface area contributed by atoms with Crippen molar-refractivity contribution in [1.82, 2.24) is 10.2 Å². The molecule has 0 bridgehead atoms. The third-order valence-corrected chi connectivity index (χ3v) is 4.59. The normalized spacial score (nSPS) is 17.9. The van der Waals surface area contributed by atoms with Crippen LogP contribution < -0.4 is 10.6 Å². The highest BCUT2D eigenvalue weighted by Gasteiger charge is 2.28. The van der Waals surface area contributed by atoms with Crippen LogP contribution in [-0.2, 0) is 14.3 Å². The van der Waals surface area contributed by atoms with E-state index in [0.29, 0.717) is 24.7 Å². The zero-order valence-electron chi connectivity index (χ0n) is 16.2. The number of rotatable bonds is 6. The molecule has 1 fully saturated rings. The first-order chi connectivity index (χ1) is 12.9. The van der Waals surface area contributed by atoms with Crippen LogP contribution in [0, 0.1) is 11.8 Å². The standard InChI is InChI=1S/C20H29N3O4/c1-14(2)18(22-20(26)21-16-9-5-4-6-10-16)19(25)27-13-17(24)23-11-7-8-15(3)12-23/h4-6,9-10,14-15,18H,7-8,11-13H2,1-3H3,(H2,21,22,26)/t15-,18-/m1/s1. The van der Waals surface area contributed by atoms with Crippen molar-refractivity contribution in [2.45, 2.75) is 39.7 Å². The number of amides is 3. The average molecular weight is 375 g/mol. The molecule has 1 aliphatic heterocycles. The number of nitrogens with zero attached hydrogens (tertiary/aromatic N) is 1. The molecule has 27 heavy (non-hydrogen) atoms. The van der Waals surface area contributed by atoms with E-state index in [1.807, 2.05) is 19.9 Å². The molecule has 2 rings (SSSR count). The van der Waals surface area contributed by atoms with Gasteiger partial charge in [-0.25, -0.2) is 9.59 Å². The highest BCUT2D eigenvalue weighted by atomic mass is 16.5. The average Bonchev–Trinajstić information content (AvgIpc) is 2.64. The van der Waals surface area contributed by atoms with Gasteiger partial charge in [0.05, 0.1) is 0 Å². The maximum absolute atomic E-state index is 12.4. The Hall–Kier alpha value is -2.57. The minimum atomic E-state index is -0.832. The summed E-state index contributed by atoms with van der Waals surface area (Å²) in [6, 6.07) is 7.63. The molecule has 0 spiro atoms. The lowest BCUT2D eigenvalue weighted by atomic mass is 10.0. The van der Waals surface area contributed by atoms with Crippen LogP contribution in [0.25, 0.3) is 0 Å². The number of likely N-dealkylation sites (tertiary alicyclic amines) is 1. The van der Waals surface area contributed by atoms with Gasteiger partial charge in [-0.15, -0.1) is 0 Å². The number of urea groups is 1. The summed E-state index contributed by atoms with van der Waals surface area (Å²) in [5, 5.41) is 5.30. The zero-order valence-corrected chi connectivity index (χ0v) is 16.2. The lowest BCUT2D eigenvalue weighted by Gasteiger charge is -2.31. The number of ether oxygens (including phenoxy) is 1. The topological polar surface area (TPSA) is 87.7 Å². The summed E-state index contributed by atoms with van der Waals surface area (Å²) < 4.78 is 5.19. The van der Waals surface area contributed by atoms with Crippen LogP contribution in [0.1, 0.15) is 33.6 Å². The second-order valence-electron chi connectivity index (χ2n) is 7.38. The molecule has 1 heterocycles. The van der Waals surface area contributed by atoms with Gasteiger partial charge in [-0.1, -0.05) is 39.0 Å². The van der Waals surface area contributed by atoms with Gasteiger partial charge in [-0.05, 0) is 36.8 Å². The molecule has 1 saturated heterocycles. The van der Waals surface area contributed by atoms with E-state index in [0.717, 1.165) is 12.8 Å². The highest BCUT2D eigenvalue weighted by Crippen LogP contribution is 2.15. The van der Waals surface area contributed by atoms with E-state index in [4.69, 9.17) is 4.74 Å². The number of piperidine rings is 1. The lowest BCUT2D eigenvalue weighted by molar-refractivity contribution is -0.155. The van der Waals surface area contributed by atoms with Crippen LogP contribution in [-0.4, -0.2) is 48.5 Å². The molecule has 148 valence electrons. The zero-order chi connectivity index (χ0) is 19.8. The van der Waals surface area contributed by atoms with Crippen molar-refractivity contribution in [3.8, 4) is 0 Å². The summed E-state index contributed by atoms with van der Waals surface area (Å²) in [5.74, 6) is -0.507. The smallest absolute Gasteiger partial charge is 0.329 e. The number of esters is 1. The summed E-state index contributed by atoms with van der Waals surface area (Å²) >= 11 is 0. The first-order valence-electron chi connectivity index (χ1n) is 9.43. The maximum Gasteiger partial charge on any atom is 0.329 e. The van der Waals surface area contributed by atoms with Crippen LogP contribution in [0.5, 0.6) is 0 Å². The number of para-hydroxylation sites is 1. The quantitative estimate of drug-likeness (QED) is 0.748. The van der Waals surface area contributed by atoms with Gasteiger partial charge in [0.25, 0.3) is 5.91 Å². The third-order valence-electron chi connectivity index (χ3n) is 4.59. The van der Waals surface area contributed by atoms with E-state index >= 15 is 0 Å². The Morgan fingerprint density at radius 3 is 2.56 bits per heavy atom. The Morgan fingerprint density at radius 2 is 1.93 bits per heavy atom. The molecular weight excluding hydrogens is 346 g/mol. The Kier molecular flexibility index (Phi) is 7.64. The minimum Gasteiger partial charge on any atom is -0.454 e. The van der Waals surface area contributed by atoms with Gasteiger partial charge in [0.2, 0.25) is 0 Å². The number of carbonyl (C=O) groups is 3. The predicted octanol–water partition coefficient (Wildman–Crippen LogP) is 2.63. The molecule has 7 nitrogen and oxygen atoms in total. The number of hydrogen-bond acceptors (Lipinski definition) is 4. The Balaban J connectivity index is 1.84. The van der Waals surface area contributed by atoms with Gasteiger partial charge in [0.1, 0.15) is 6.04 Å². The molecule has 3 amide bonds. The van der Waals surface area contributed by atoms with Gasteiger partial charge < -0.3 is 20.3 Å². The summed E-state index contributed by atoms with van der Waals surface area (Å²) in [6.07, 6.45) is 2.08. The van der Waals surface area contributed by atoms with Crippen LogP contribution in [0.15, 0.2) is 30.3 Å². The van der Waals surface area contributed by atoms with Crippen molar-refractivity contribution < 1.29 is 19.1 Å². The molecule has 7 heteroatoms. The van der Waals surface area contributed by atoms with Crippen LogP contribution in [0.3, 0.4) is 0 Å². The summed E-state index contributed by atoms with van der Waals surface area (Å²) in [7, 11) is 0. The van der Waals surface area contributed by atoms with Crippen molar-refractivity contribution in [1.29, 1.82) is 0 Å².